The number of hydrogen-bond donors (Lipinski definition) is 0. The smallest absolute Gasteiger partial charge is 0.275 e. The van der Waals surface area contributed by atoms with E-state index in [9.17, 15) is 4.79 Å². The Hall–Kier alpha value is -2.01. The molecule has 6 heteroatoms. The van der Waals surface area contributed by atoms with Gasteiger partial charge in [0.1, 0.15) is 5.75 Å². The number of carbonyl (C=O) groups is 1. The Kier molecular flexibility index (Phi) is 5.33. The van der Waals surface area contributed by atoms with E-state index in [0.717, 1.165) is 30.8 Å². The van der Waals surface area contributed by atoms with Gasteiger partial charge in [0.2, 0.25) is 0 Å². The molecule has 5 nitrogen and oxygen atoms in total. The number of rotatable bonds is 4. The van der Waals surface area contributed by atoms with Crippen molar-refractivity contribution < 1.29 is 9.53 Å². The molecular formula is C19H24ClN3O2. The van der Waals surface area contributed by atoms with Crippen molar-refractivity contribution in [1.29, 1.82) is 0 Å². The van der Waals surface area contributed by atoms with Crippen molar-refractivity contribution in [3.8, 4) is 5.75 Å². The van der Waals surface area contributed by atoms with Crippen LogP contribution in [0.15, 0.2) is 24.3 Å². The molecule has 0 unspecified atom stereocenters. The fourth-order valence-electron chi connectivity index (χ4n) is 3.10. The largest absolute Gasteiger partial charge is 0.493 e. The summed E-state index contributed by atoms with van der Waals surface area (Å²) in [6.45, 7) is 5.95. The van der Waals surface area contributed by atoms with Crippen molar-refractivity contribution >= 4 is 17.5 Å². The van der Waals surface area contributed by atoms with E-state index in [1.165, 1.54) is 5.56 Å². The van der Waals surface area contributed by atoms with E-state index in [1.807, 2.05) is 36.1 Å². The third kappa shape index (κ3) is 3.98. The van der Waals surface area contributed by atoms with Crippen LogP contribution >= 0.6 is 11.6 Å². The number of halogens is 1. The first-order valence-corrected chi connectivity index (χ1v) is 9.01. The molecule has 2 aromatic rings. The maximum Gasteiger partial charge on any atom is 0.275 e. The van der Waals surface area contributed by atoms with Gasteiger partial charge in [-0.2, -0.15) is 5.10 Å². The summed E-state index contributed by atoms with van der Waals surface area (Å²) in [5.74, 6) is 1.11. The third-order valence-electron chi connectivity index (χ3n) is 4.78. The van der Waals surface area contributed by atoms with Gasteiger partial charge in [0.25, 0.3) is 5.91 Å². The van der Waals surface area contributed by atoms with Gasteiger partial charge in [-0.1, -0.05) is 29.3 Å². The summed E-state index contributed by atoms with van der Waals surface area (Å²) in [5, 5.41) is 4.72. The first-order valence-electron chi connectivity index (χ1n) is 8.63. The van der Waals surface area contributed by atoms with Crippen LogP contribution in [-0.2, 0) is 7.05 Å². The highest BCUT2D eigenvalue weighted by Gasteiger charge is 2.28. The highest BCUT2D eigenvalue weighted by Crippen LogP contribution is 2.24. The Labute approximate surface area is 153 Å². The van der Waals surface area contributed by atoms with Crippen LogP contribution in [0.3, 0.4) is 0 Å². The van der Waals surface area contributed by atoms with Crippen LogP contribution in [0.2, 0.25) is 5.02 Å². The van der Waals surface area contributed by atoms with Gasteiger partial charge in [-0.25, -0.2) is 0 Å². The summed E-state index contributed by atoms with van der Waals surface area (Å²) in [5.41, 5.74) is 2.37. The molecule has 1 saturated heterocycles. The topological polar surface area (TPSA) is 47.4 Å². The standard InChI is InChI=1S/C19H24ClN3O2/c1-13-6-8-16(9-7-13)25-12-15-5-4-10-23(11-15)19(24)18-17(20)14(2)22(3)21-18/h6-9,15H,4-5,10-12H2,1-3H3/t15-/m1/s1. The molecule has 1 aromatic heterocycles. The molecule has 1 aromatic carbocycles. The van der Waals surface area contributed by atoms with Gasteiger partial charge in [0.05, 0.1) is 17.3 Å². The summed E-state index contributed by atoms with van der Waals surface area (Å²) in [7, 11) is 1.80. The van der Waals surface area contributed by atoms with Crippen LogP contribution in [0.4, 0.5) is 0 Å². The first-order chi connectivity index (χ1) is 12.0. The van der Waals surface area contributed by atoms with Gasteiger partial charge in [-0.3, -0.25) is 9.48 Å². The number of amides is 1. The molecule has 1 amide bonds. The quantitative estimate of drug-likeness (QED) is 0.835. The number of benzene rings is 1. The zero-order valence-electron chi connectivity index (χ0n) is 15.0. The molecule has 3 rings (SSSR count). The van der Waals surface area contributed by atoms with Crippen LogP contribution < -0.4 is 4.74 Å². The lowest BCUT2D eigenvalue weighted by Gasteiger charge is -2.32. The number of nitrogens with zero attached hydrogens (tertiary/aromatic N) is 3. The number of piperidine rings is 1. The summed E-state index contributed by atoms with van der Waals surface area (Å²) < 4.78 is 7.55. The molecule has 0 N–H and O–H groups in total. The van der Waals surface area contributed by atoms with Gasteiger partial charge in [0, 0.05) is 26.1 Å². The molecule has 1 aliphatic rings. The van der Waals surface area contributed by atoms with Crippen molar-refractivity contribution in [3.05, 3.63) is 46.2 Å². The molecule has 25 heavy (non-hydrogen) atoms. The Morgan fingerprint density at radius 3 is 2.68 bits per heavy atom. The Bertz CT molecular complexity index is 755. The van der Waals surface area contributed by atoms with Crippen molar-refractivity contribution in [3.63, 3.8) is 0 Å². The molecule has 1 atom stereocenters. The second kappa shape index (κ2) is 7.48. The minimum Gasteiger partial charge on any atom is -0.493 e. The molecule has 0 radical (unpaired) electrons. The van der Waals surface area contributed by atoms with Gasteiger partial charge in [0.15, 0.2) is 5.69 Å². The van der Waals surface area contributed by atoms with E-state index in [-0.39, 0.29) is 5.91 Å². The number of hydrogen-bond acceptors (Lipinski definition) is 3. The number of ether oxygens (including phenoxy) is 1. The normalized spacial score (nSPS) is 17.6. The van der Waals surface area contributed by atoms with E-state index >= 15 is 0 Å². The van der Waals surface area contributed by atoms with E-state index in [1.54, 1.807) is 11.7 Å². The summed E-state index contributed by atoms with van der Waals surface area (Å²) in [6, 6.07) is 8.05. The number of aromatic nitrogens is 2. The maximum atomic E-state index is 12.8. The lowest BCUT2D eigenvalue weighted by Crippen LogP contribution is -2.41. The zero-order chi connectivity index (χ0) is 18.0. The lowest BCUT2D eigenvalue weighted by molar-refractivity contribution is 0.0627. The molecule has 0 aliphatic carbocycles. The van der Waals surface area contributed by atoms with Crippen LogP contribution in [0.25, 0.3) is 0 Å². The number of carbonyl (C=O) groups excluding carboxylic acids is 1. The highest BCUT2D eigenvalue weighted by molar-refractivity contribution is 6.34. The molecule has 134 valence electrons. The van der Waals surface area contributed by atoms with Crippen LogP contribution in [0.5, 0.6) is 5.75 Å². The fourth-order valence-corrected chi connectivity index (χ4v) is 3.34. The first kappa shape index (κ1) is 17.8. The molecule has 0 saturated carbocycles. The fraction of sp³-hybridized carbons (Fsp3) is 0.474. The second-order valence-electron chi connectivity index (χ2n) is 6.76. The highest BCUT2D eigenvalue weighted by atomic mass is 35.5. The van der Waals surface area contributed by atoms with Gasteiger partial charge in [-0.05, 0) is 38.8 Å². The predicted molar refractivity (Wildman–Crippen MR) is 98.3 cm³/mol. The molecular weight excluding hydrogens is 338 g/mol. The van der Waals surface area contributed by atoms with Crippen LogP contribution in [-0.4, -0.2) is 40.3 Å². The number of likely N-dealkylation sites (tertiary alicyclic amines) is 1. The zero-order valence-corrected chi connectivity index (χ0v) is 15.7. The average Bonchev–Trinajstić information content (AvgIpc) is 2.88. The predicted octanol–water partition coefficient (Wildman–Crippen LogP) is 3.62. The van der Waals surface area contributed by atoms with Crippen molar-refractivity contribution in [2.75, 3.05) is 19.7 Å². The number of aryl methyl sites for hydroxylation is 2. The molecule has 2 heterocycles. The van der Waals surface area contributed by atoms with E-state index in [4.69, 9.17) is 16.3 Å². The minimum atomic E-state index is -0.0891. The Morgan fingerprint density at radius 2 is 2.04 bits per heavy atom. The third-order valence-corrected chi connectivity index (χ3v) is 5.23. The van der Waals surface area contributed by atoms with E-state index < -0.39 is 0 Å². The lowest BCUT2D eigenvalue weighted by atomic mass is 9.98. The monoisotopic (exact) mass is 361 g/mol. The van der Waals surface area contributed by atoms with Crippen molar-refractivity contribution in [2.24, 2.45) is 13.0 Å². The SMILES string of the molecule is Cc1ccc(OC[C@@H]2CCCN(C(=O)c3nn(C)c(C)c3Cl)C2)cc1. The Balaban J connectivity index is 1.61. The van der Waals surface area contributed by atoms with Crippen LogP contribution in [0.1, 0.15) is 34.6 Å². The summed E-state index contributed by atoms with van der Waals surface area (Å²) in [4.78, 5) is 14.6. The molecule has 1 fully saturated rings. The van der Waals surface area contributed by atoms with E-state index in [2.05, 4.69) is 12.0 Å². The van der Waals surface area contributed by atoms with E-state index in [0.29, 0.717) is 29.8 Å². The molecule has 0 bridgehead atoms. The van der Waals surface area contributed by atoms with Crippen LogP contribution in [0, 0.1) is 19.8 Å². The molecule has 1 aliphatic heterocycles. The van der Waals surface area contributed by atoms with Crippen molar-refractivity contribution in [2.45, 2.75) is 26.7 Å². The minimum absolute atomic E-state index is 0.0891. The van der Waals surface area contributed by atoms with Crippen molar-refractivity contribution in [1.82, 2.24) is 14.7 Å². The summed E-state index contributed by atoms with van der Waals surface area (Å²) in [6.07, 6.45) is 2.03. The second-order valence-corrected chi connectivity index (χ2v) is 7.13. The Morgan fingerprint density at radius 1 is 1.32 bits per heavy atom. The van der Waals surface area contributed by atoms with Gasteiger partial charge in [-0.15, -0.1) is 0 Å². The maximum absolute atomic E-state index is 12.8. The molecule has 0 spiro atoms. The van der Waals surface area contributed by atoms with Gasteiger partial charge >= 0.3 is 0 Å². The average molecular weight is 362 g/mol. The van der Waals surface area contributed by atoms with Gasteiger partial charge < -0.3 is 9.64 Å². The summed E-state index contributed by atoms with van der Waals surface area (Å²) >= 11 is 6.26.